The number of rotatable bonds is 2. The van der Waals surface area contributed by atoms with Gasteiger partial charge >= 0.3 is 0 Å². The number of halogens is 2. The number of anilines is 1. The van der Waals surface area contributed by atoms with Gasteiger partial charge in [-0.15, -0.1) is 11.6 Å². The summed E-state index contributed by atoms with van der Waals surface area (Å²) in [5, 5.41) is 2.49. The Morgan fingerprint density at radius 2 is 2.38 bits per heavy atom. The summed E-state index contributed by atoms with van der Waals surface area (Å²) in [6.45, 7) is 0. The zero-order chi connectivity index (χ0) is 9.84. The third-order valence-electron chi connectivity index (χ3n) is 1.26. The quantitative estimate of drug-likeness (QED) is 0.792. The molecule has 0 saturated carbocycles. The molecule has 1 heterocycles. The molecule has 1 aromatic heterocycles. The first-order valence-corrected chi connectivity index (χ1v) is 4.70. The standard InChI is InChI=1S/C7H6BrClN2O2/c8-5-1-4(3-10-7(5)13)11-6(12)2-9/h1,3H,2H2,(H,10,13)(H,11,12). The number of amides is 1. The van der Waals surface area contributed by atoms with Gasteiger partial charge < -0.3 is 10.3 Å². The molecule has 13 heavy (non-hydrogen) atoms. The third kappa shape index (κ3) is 2.86. The molecule has 0 radical (unpaired) electrons. The van der Waals surface area contributed by atoms with E-state index in [-0.39, 0.29) is 17.3 Å². The lowest BCUT2D eigenvalue weighted by Gasteiger charge is -2.01. The van der Waals surface area contributed by atoms with E-state index in [1.807, 2.05) is 0 Å². The normalized spacial score (nSPS) is 9.69. The molecule has 1 rings (SSSR count). The molecule has 1 aromatic rings. The molecule has 70 valence electrons. The molecule has 0 aliphatic heterocycles. The van der Waals surface area contributed by atoms with Crippen LogP contribution >= 0.6 is 27.5 Å². The molecule has 1 amide bonds. The summed E-state index contributed by atoms with van der Waals surface area (Å²) in [6.07, 6.45) is 1.40. The Labute approximate surface area is 87.4 Å². The van der Waals surface area contributed by atoms with Crippen molar-refractivity contribution in [3.63, 3.8) is 0 Å². The number of alkyl halides is 1. The summed E-state index contributed by atoms with van der Waals surface area (Å²) in [5.41, 5.74) is 0.251. The van der Waals surface area contributed by atoms with Crippen LogP contribution in [0.25, 0.3) is 0 Å². The molecule has 0 aliphatic carbocycles. The zero-order valence-electron chi connectivity index (χ0n) is 6.43. The van der Waals surface area contributed by atoms with Crippen molar-refractivity contribution < 1.29 is 4.79 Å². The lowest BCUT2D eigenvalue weighted by Crippen LogP contribution is -2.14. The summed E-state index contributed by atoms with van der Waals surface area (Å²) in [5.74, 6) is -0.433. The highest BCUT2D eigenvalue weighted by Gasteiger charge is 2.01. The van der Waals surface area contributed by atoms with Crippen LogP contribution in [0, 0.1) is 0 Å². The average Bonchev–Trinajstić information content (AvgIpc) is 2.11. The Hall–Kier alpha value is -0.810. The van der Waals surface area contributed by atoms with E-state index in [0.717, 1.165) is 0 Å². The molecular formula is C7H6BrClN2O2. The first-order chi connectivity index (χ1) is 6.13. The van der Waals surface area contributed by atoms with Gasteiger partial charge in [-0.3, -0.25) is 9.59 Å². The maximum atomic E-state index is 10.9. The number of carbonyl (C=O) groups is 1. The van der Waals surface area contributed by atoms with Crippen LogP contribution < -0.4 is 10.9 Å². The molecule has 0 bridgehead atoms. The van der Waals surface area contributed by atoms with Gasteiger partial charge in [0.15, 0.2) is 0 Å². The number of carbonyl (C=O) groups excluding carboxylic acids is 1. The van der Waals surface area contributed by atoms with Crippen molar-refractivity contribution in [1.29, 1.82) is 0 Å². The molecular weight excluding hydrogens is 259 g/mol. The monoisotopic (exact) mass is 264 g/mol. The van der Waals surface area contributed by atoms with Crippen molar-refractivity contribution in [2.45, 2.75) is 0 Å². The molecule has 0 atom stereocenters. The van der Waals surface area contributed by atoms with E-state index >= 15 is 0 Å². The number of aromatic nitrogens is 1. The summed E-state index contributed by atoms with van der Waals surface area (Å²) < 4.78 is 0.361. The number of hydrogen-bond acceptors (Lipinski definition) is 2. The van der Waals surface area contributed by atoms with Crippen molar-refractivity contribution in [3.05, 3.63) is 27.1 Å². The van der Waals surface area contributed by atoms with E-state index in [4.69, 9.17) is 11.6 Å². The van der Waals surface area contributed by atoms with Crippen LogP contribution in [0.1, 0.15) is 0 Å². The van der Waals surface area contributed by atoms with Gasteiger partial charge in [-0.05, 0) is 22.0 Å². The number of hydrogen-bond donors (Lipinski definition) is 2. The zero-order valence-corrected chi connectivity index (χ0v) is 8.78. The molecule has 6 heteroatoms. The Kier molecular flexibility index (Phi) is 3.50. The molecule has 0 fully saturated rings. The van der Waals surface area contributed by atoms with Crippen molar-refractivity contribution in [2.24, 2.45) is 0 Å². The van der Waals surface area contributed by atoms with E-state index in [1.54, 1.807) is 0 Å². The highest BCUT2D eigenvalue weighted by atomic mass is 79.9. The molecule has 0 spiro atoms. The van der Waals surface area contributed by atoms with Crippen molar-refractivity contribution >= 4 is 39.1 Å². The lowest BCUT2D eigenvalue weighted by molar-refractivity contribution is -0.113. The first-order valence-electron chi connectivity index (χ1n) is 3.37. The SMILES string of the molecule is O=C(CCl)Nc1c[nH]c(=O)c(Br)c1. The van der Waals surface area contributed by atoms with Gasteiger partial charge in [0, 0.05) is 6.20 Å². The summed E-state index contributed by atoms with van der Waals surface area (Å²) in [4.78, 5) is 24.1. The fourth-order valence-corrected chi connectivity index (χ4v) is 1.15. The van der Waals surface area contributed by atoms with Crippen LogP contribution in [0.15, 0.2) is 21.5 Å². The molecule has 0 aliphatic rings. The summed E-state index contributed by atoms with van der Waals surface area (Å²) >= 11 is 8.31. The molecule has 0 aromatic carbocycles. The molecule has 2 N–H and O–H groups in total. The third-order valence-corrected chi connectivity index (χ3v) is 2.09. The number of pyridine rings is 1. The highest BCUT2D eigenvalue weighted by molar-refractivity contribution is 9.10. The first kappa shape index (κ1) is 10.3. The number of H-pyrrole nitrogens is 1. The van der Waals surface area contributed by atoms with E-state index in [2.05, 4.69) is 26.2 Å². The predicted octanol–water partition coefficient (Wildman–Crippen LogP) is 1.31. The van der Waals surface area contributed by atoms with E-state index < -0.39 is 0 Å². The van der Waals surface area contributed by atoms with Crippen LogP contribution in [0.2, 0.25) is 0 Å². The average molecular weight is 265 g/mol. The second-order valence-electron chi connectivity index (χ2n) is 2.25. The topological polar surface area (TPSA) is 62.0 Å². The molecule has 0 saturated heterocycles. The van der Waals surface area contributed by atoms with Gasteiger partial charge in [0.1, 0.15) is 5.88 Å². The Bertz CT molecular complexity index is 377. The van der Waals surface area contributed by atoms with Crippen LogP contribution in [0.3, 0.4) is 0 Å². The lowest BCUT2D eigenvalue weighted by atomic mass is 10.4. The number of aromatic amines is 1. The predicted molar refractivity (Wildman–Crippen MR) is 54.1 cm³/mol. The summed E-state index contributed by atoms with van der Waals surface area (Å²) in [6, 6.07) is 1.50. The Balaban J connectivity index is 2.86. The fraction of sp³-hybridized carbons (Fsp3) is 0.143. The summed E-state index contributed by atoms with van der Waals surface area (Å²) in [7, 11) is 0. The van der Waals surface area contributed by atoms with Crippen LogP contribution in [0.4, 0.5) is 5.69 Å². The van der Waals surface area contributed by atoms with Gasteiger partial charge in [0.25, 0.3) is 5.56 Å². The second kappa shape index (κ2) is 4.43. The minimum absolute atomic E-state index is 0.114. The van der Waals surface area contributed by atoms with E-state index in [0.29, 0.717) is 10.2 Å². The Morgan fingerprint density at radius 3 is 2.92 bits per heavy atom. The van der Waals surface area contributed by atoms with Crippen LogP contribution in [-0.4, -0.2) is 16.8 Å². The smallest absolute Gasteiger partial charge is 0.262 e. The van der Waals surface area contributed by atoms with Crippen molar-refractivity contribution in [3.8, 4) is 0 Å². The van der Waals surface area contributed by atoms with Crippen LogP contribution in [0.5, 0.6) is 0 Å². The number of nitrogens with one attached hydrogen (secondary N) is 2. The van der Waals surface area contributed by atoms with Gasteiger partial charge in [-0.1, -0.05) is 0 Å². The van der Waals surface area contributed by atoms with E-state index in [1.165, 1.54) is 12.3 Å². The molecule has 4 nitrogen and oxygen atoms in total. The van der Waals surface area contributed by atoms with E-state index in [9.17, 15) is 9.59 Å². The minimum Gasteiger partial charge on any atom is -0.326 e. The van der Waals surface area contributed by atoms with Crippen molar-refractivity contribution in [2.75, 3.05) is 11.2 Å². The highest BCUT2D eigenvalue weighted by Crippen LogP contribution is 2.09. The minimum atomic E-state index is -0.319. The molecule has 0 unspecified atom stereocenters. The van der Waals surface area contributed by atoms with Gasteiger partial charge in [-0.2, -0.15) is 0 Å². The maximum Gasteiger partial charge on any atom is 0.262 e. The van der Waals surface area contributed by atoms with Gasteiger partial charge in [-0.25, -0.2) is 0 Å². The van der Waals surface area contributed by atoms with Crippen LogP contribution in [-0.2, 0) is 4.79 Å². The van der Waals surface area contributed by atoms with Crippen molar-refractivity contribution in [1.82, 2.24) is 4.98 Å². The largest absolute Gasteiger partial charge is 0.326 e. The van der Waals surface area contributed by atoms with Gasteiger partial charge in [0.05, 0.1) is 10.2 Å². The van der Waals surface area contributed by atoms with Gasteiger partial charge in [0.2, 0.25) is 5.91 Å². The Morgan fingerprint density at radius 1 is 1.69 bits per heavy atom. The fourth-order valence-electron chi connectivity index (χ4n) is 0.723. The second-order valence-corrected chi connectivity index (χ2v) is 3.37. The maximum absolute atomic E-state index is 10.9.